The maximum absolute atomic E-state index is 3.93. The average Bonchev–Trinajstić information content (AvgIpc) is 2.41. The van der Waals surface area contributed by atoms with Crippen LogP contribution in [0.5, 0.6) is 0 Å². The lowest BCUT2D eigenvalue weighted by atomic mass is 9.88. The number of hydrogen-bond donors (Lipinski definition) is 1. The van der Waals surface area contributed by atoms with Gasteiger partial charge in [-0.2, -0.15) is 0 Å². The lowest BCUT2D eigenvalue weighted by molar-refractivity contribution is 0.176. The first-order chi connectivity index (χ1) is 8.88. The van der Waals surface area contributed by atoms with Crippen LogP contribution in [0.25, 0.3) is 0 Å². The monoisotopic (exact) mass is 286 g/mol. The van der Waals surface area contributed by atoms with Gasteiger partial charge in [-0.3, -0.25) is 4.90 Å². The first kappa shape index (κ1) is 17.0. The van der Waals surface area contributed by atoms with Crippen molar-refractivity contribution < 1.29 is 0 Å². The minimum absolute atomic E-state index is 0. The molecule has 0 atom stereocenters. The SMILES string of the molecule is C=CCN(CC1CCCCC1)CC1CCNCC1.Cl. The first-order valence-corrected chi connectivity index (χ1v) is 7.92. The van der Waals surface area contributed by atoms with E-state index in [0.29, 0.717) is 0 Å². The summed E-state index contributed by atoms with van der Waals surface area (Å²) in [6.07, 6.45) is 12.1. The van der Waals surface area contributed by atoms with Crippen molar-refractivity contribution in [1.82, 2.24) is 10.2 Å². The van der Waals surface area contributed by atoms with Crippen molar-refractivity contribution in [3.63, 3.8) is 0 Å². The molecular weight excluding hydrogens is 256 g/mol. The highest BCUT2D eigenvalue weighted by molar-refractivity contribution is 5.85. The van der Waals surface area contributed by atoms with Gasteiger partial charge in [-0.25, -0.2) is 0 Å². The molecular formula is C16H31ClN2. The molecule has 2 fully saturated rings. The molecule has 2 nitrogen and oxygen atoms in total. The van der Waals surface area contributed by atoms with Gasteiger partial charge in [-0.1, -0.05) is 25.3 Å². The van der Waals surface area contributed by atoms with Crippen LogP contribution < -0.4 is 5.32 Å². The van der Waals surface area contributed by atoms with Crippen LogP contribution >= 0.6 is 12.4 Å². The molecule has 0 aromatic carbocycles. The van der Waals surface area contributed by atoms with Crippen molar-refractivity contribution in [3.05, 3.63) is 12.7 Å². The van der Waals surface area contributed by atoms with Crippen LogP contribution in [0.15, 0.2) is 12.7 Å². The van der Waals surface area contributed by atoms with E-state index in [1.807, 2.05) is 0 Å². The van der Waals surface area contributed by atoms with Crippen LogP contribution in [0.4, 0.5) is 0 Å². The van der Waals surface area contributed by atoms with E-state index in [9.17, 15) is 0 Å². The second-order valence-electron chi connectivity index (χ2n) is 6.20. The van der Waals surface area contributed by atoms with Gasteiger partial charge in [0, 0.05) is 19.6 Å². The van der Waals surface area contributed by atoms with E-state index >= 15 is 0 Å². The summed E-state index contributed by atoms with van der Waals surface area (Å²) >= 11 is 0. The van der Waals surface area contributed by atoms with Crippen molar-refractivity contribution in [1.29, 1.82) is 0 Å². The largest absolute Gasteiger partial charge is 0.317 e. The van der Waals surface area contributed by atoms with Crippen LogP contribution in [0, 0.1) is 11.8 Å². The fourth-order valence-corrected chi connectivity index (χ4v) is 3.57. The van der Waals surface area contributed by atoms with Gasteiger partial charge in [-0.15, -0.1) is 19.0 Å². The maximum atomic E-state index is 3.93. The molecule has 3 heteroatoms. The molecule has 1 saturated heterocycles. The smallest absolute Gasteiger partial charge is 0.0160 e. The molecule has 0 bridgehead atoms. The first-order valence-electron chi connectivity index (χ1n) is 7.92. The Morgan fingerprint density at radius 1 is 0.947 bits per heavy atom. The van der Waals surface area contributed by atoms with Crippen LogP contribution in [0.2, 0.25) is 0 Å². The molecule has 112 valence electrons. The molecule has 1 N–H and O–H groups in total. The molecule has 1 saturated carbocycles. The molecule has 1 aliphatic carbocycles. The molecule has 1 aliphatic heterocycles. The van der Waals surface area contributed by atoms with Crippen molar-refractivity contribution >= 4 is 12.4 Å². The van der Waals surface area contributed by atoms with Gasteiger partial charge in [0.25, 0.3) is 0 Å². The highest BCUT2D eigenvalue weighted by Crippen LogP contribution is 2.25. The third kappa shape index (κ3) is 6.29. The Bertz CT molecular complexity index is 213. The normalized spacial score (nSPS) is 22.2. The molecule has 0 spiro atoms. The molecule has 1 heterocycles. The quantitative estimate of drug-likeness (QED) is 0.752. The van der Waals surface area contributed by atoms with E-state index in [2.05, 4.69) is 22.9 Å². The van der Waals surface area contributed by atoms with E-state index in [1.165, 1.54) is 71.1 Å². The Hall–Kier alpha value is -0.0500. The third-order valence-corrected chi connectivity index (χ3v) is 4.60. The van der Waals surface area contributed by atoms with Gasteiger partial charge >= 0.3 is 0 Å². The van der Waals surface area contributed by atoms with E-state index in [1.54, 1.807) is 0 Å². The van der Waals surface area contributed by atoms with Gasteiger partial charge in [0.1, 0.15) is 0 Å². The summed E-state index contributed by atoms with van der Waals surface area (Å²) < 4.78 is 0. The van der Waals surface area contributed by atoms with Crippen molar-refractivity contribution in [2.75, 3.05) is 32.7 Å². The molecule has 19 heavy (non-hydrogen) atoms. The summed E-state index contributed by atoms with van der Waals surface area (Å²) in [4.78, 5) is 2.67. The van der Waals surface area contributed by atoms with Crippen LogP contribution in [0.3, 0.4) is 0 Å². The summed E-state index contributed by atoms with van der Waals surface area (Å²) in [7, 11) is 0. The van der Waals surface area contributed by atoms with Gasteiger partial charge < -0.3 is 5.32 Å². The van der Waals surface area contributed by atoms with Crippen molar-refractivity contribution in [2.45, 2.75) is 44.9 Å². The molecule has 2 rings (SSSR count). The Morgan fingerprint density at radius 3 is 2.11 bits per heavy atom. The number of halogens is 1. The van der Waals surface area contributed by atoms with Gasteiger partial charge in [0.2, 0.25) is 0 Å². The molecule has 0 radical (unpaired) electrons. The summed E-state index contributed by atoms with van der Waals surface area (Å²) in [5, 5.41) is 3.46. The number of nitrogens with zero attached hydrogens (tertiary/aromatic N) is 1. The lowest BCUT2D eigenvalue weighted by Crippen LogP contribution is -2.38. The predicted molar refractivity (Wildman–Crippen MR) is 86.1 cm³/mol. The van der Waals surface area contributed by atoms with Gasteiger partial charge in [0.15, 0.2) is 0 Å². The van der Waals surface area contributed by atoms with Gasteiger partial charge in [-0.05, 0) is 50.6 Å². The number of nitrogens with one attached hydrogen (secondary N) is 1. The Morgan fingerprint density at radius 2 is 1.53 bits per heavy atom. The summed E-state index contributed by atoms with van der Waals surface area (Å²) in [6, 6.07) is 0. The van der Waals surface area contributed by atoms with Crippen molar-refractivity contribution in [2.24, 2.45) is 11.8 Å². The number of hydrogen-bond acceptors (Lipinski definition) is 2. The highest BCUT2D eigenvalue weighted by Gasteiger charge is 2.20. The van der Waals surface area contributed by atoms with E-state index in [4.69, 9.17) is 0 Å². The molecule has 0 aromatic rings. The molecule has 0 aromatic heterocycles. The fraction of sp³-hybridized carbons (Fsp3) is 0.875. The Balaban J connectivity index is 0.00000180. The summed E-state index contributed by atoms with van der Waals surface area (Å²) in [5.41, 5.74) is 0. The Kier molecular flexibility index (Phi) is 8.76. The molecule has 0 unspecified atom stereocenters. The second-order valence-corrected chi connectivity index (χ2v) is 6.20. The average molecular weight is 287 g/mol. The predicted octanol–water partition coefficient (Wildman–Crippen LogP) is 3.48. The van der Waals surface area contributed by atoms with E-state index in [0.717, 1.165) is 18.4 Å². The van der Waals surface area contributed by atoms with Crippen LogP contribution in [-0.4, -0.2) is 37.6 Å². The highest BCUT2D eigenvalue weighted by atomic mass is 35.5. The zero-order valence-corrected chi connectivity index (χ0v) is 13.1. The zero-order valence-electron chi connectivity index (χ0n) is 12.3. The minimum Gasteiger partial charge on any atom is -0.317 e. The second kappa shape index (κ2) is 9.79. The topological polar surface area (TPSA) is 15.3 Å². The third-order valence-electron chi connectivity index (χ3n) is 4.60. The molecule has 2 aliphatic rings. The lowest BCUT2D eigenvalue weighted by Gasteiger charge is -2.33. The summed E-state index contributed by atoms with van der Waals surface area (Å²) in [5.74, 6) is 1.87. The zero-order chi connectivity index (χ0) is 12.6. The minimum atomic E-state index is 0. The summed E-state index contributed by atoms with van der Waals surface area (Å²) in [6.45, 7) is 10.1. The van der Waals surface area contributed by atoms with E-state index < -0.39 is 0 Å². The van der Waals surface area contributed by atoms with Crippen molar-refractivity contribution in [3.8, 4) is 0 Å². The maximum Gasteiger partial charge on any atom is 0.0160 e. The van der Waals surface area contributed by atoms with Crippen LogP contribution in [-0.2, 0) is 0 Å². The van der Waals surface area contributed by atoms with E-state index in [-0.39, 0.29) is 12.4 Å². The number of piperidine rings is 1. The van der Waals surface area contributed by atoms with Gasteiger partial charge in [0.05, 0.1) is 0 Å². The molecule has 0 amide bonds. The standard InChI is InChI=1S/C16H30N2.ClH/c1-2-12-18(13-15-6-4-3-5-7-15)14-16-8-10-17-11-9-16;/h2,15-17H,1,3-14H2;1H. The fourth-order valence-electron chi connectivity index (χ4n) is 3.57. The number of rotatable bonds is 6. The Labute approximate surface area is 125 Å². The van der Waals surface area contributed by atoms with Crippen LogP contribution in [0.1, 0.15) is 44.9 Å².